The maximum atomic E-state index is 11.7. The molecule has 0 amide bonds. The molecule has 8 rings (SSSR count). The number of phenolic OH excluding ortho intramolecular Hbond substituents is 1. The van der Waals surface area contributed by atoms with E-state index in [1.54, 1.807) is 0 Å². The van der Waals surface area contributed by atoms with Crippen LogP contribution in [0.1, 0.15) is 100 Å². The molecule has 0 saturated carbocycles. The van der Waals surface area contributed by atoms with Crippen LogP contribution in [-0.2, 0) is 31.9 Å². The molecule has 0 unspecified atom stereocenters. The molecule has 308 valence electrons. The molecule has 4 nitrogen and oxygen atoms in total. The van der Waals surface area contributed by atoms with E-state index < -0.39 is 0 Å². The number of rotatable bonds is 6. The second-order valence-electron chi connectivity index (χ2n) is 18.9. The molecule has 8 aromatic rings. The Kier molecular flexibility index (Phi) is 11.4. The number of aromatic hydroxyl groups is 1. The fourth-order valence-corrected chi connectivity index (χ4v) is 8.94. The minimum Gasteiger partial charge on any atom is -0.507 e. The van der Waals surface area contributed by atoms with E-state index in [0.29, 0.717) is 11.4 Å². The molecule has 0 radical (unpaired) electrons. The molecule has 2 heterocycles. The zero-order valence-corrected chi connectivity index (χ0v) is 39.3. The van der Waals surface area contributed by atoms with Crippen molar-refractivity contribution in [3.63, 3.8) is 0 Å². The van der Waals surface area contributed by atoms with Crippen molar-refractivity contribution in [2.24, 2.45) is 0 Å². The number of fused-ring (bicyclic) bond motifs is 2. The minimum absolute atomic E-state index is 0. The average molecular weight is 970 g/mol. The summed E-state index contributed by atoms with van der Waals surface area (Å²) in [6, 6.07) is 40.9. The molecule has 1 N–H and O–H groups in total. The van der Waals surface area contributed by atoms with E-state index in [-0.39, 0.29) is 43.6 Å². The van der Waals surface area contributed by atoms with Crippen LogP contribution in [0.3, 0.4) is 0 Å². The number of pyridine rings is 1. The van der Waals surface area contributed by atoms with E-state index in [1.165, 1.54) is 27.8 Å². The van der Waals surface area contributed by atoms with E-state index in [4.69, 9.17) is 9.97 Å². The normalized spacial score (nSPS) is 12.1. The van der Waals surface area contributed by atoms with Gasteiger partial charge in [-0.3, -0.25) is 9.55 Å². The predicted molar refractivity (Wildman–Crippen MR) is 249 cm³/mol. The summed E-state index contributed by atoms with van der Waals surface area (Å²) in [5.41, 5.74) is 19.0. The van der Waals surface area contributed by atoms with E-state index >= 15 is 0 Å². The van der Waals surface area contributed by atoms with Crippen LogP contribution in [0.4, 0.5) is 0 Å². The smallest absolute Gasteiger partial charge is 0.148 e. The molecular weight excluding hydrogens is 914 g/mol. The van der Waals surface area contributed by atoms with E-state index in [2.05, 4.69) is 172 Å². The molecule has 0 bridgehead atoms. The Morgan fingerprint density at radius 3 is 1.87 bits per heavy atom. The molecule has 0 saturated heterocycles. The van der Waals surface area contributed by atoms with Crippen molar-refractivity contribution in [1.29, 1.82) is 0 Å². The van der Waals surface area contributed by atoms with Crippen LogP contribution < -0.4 is 0 Å². The Morgan fingerprint density at radius 1 is 0.633 bits per heavy atom. The topological polar surface area (TPSA) is 50.9 Å². The molecule has 0 fully saturated rings. The largest absolute Gasteiger partial charge is 0.507 e. The number of hydrogen-bond donors (Lipinski definition) is 1. The molecular formula is C55H56N3OPt-. The first-order chi connectivity index (χ1) is 27.9. The summed E-state index contributed by atoms with van der Waals surface area (Å²) >= 11 is 0. The van der Waals surface area contributed by atoms with Crippen LogP contribution >= 0.6 is 0 Å². The van der Waals surface area contributed by atoms with Crippen molar-refractivity contribution in [3.8, 4) is 56.2 Å². The predicted octanol–water partition coefficient (Wildman–Crippen LogP) is 14.7. The van der Waals surface area contributed by atoms with Crippen molar-refractivity contribution in [1.82, 2.24) is 14.5 Å². The SMILES string of the molecule is Cc1cc(C)c(-n2c(-c3ccc(C)cc3O)nc3c(-c4[c-]c(-c5cccc6cccnc56)cc(C(C)C)c4)cc(-c4c(C(C)(C)C)cccc4C(C)(C)C)cc32)c(C)c1.[Pt]. The molecule has 0 aliphatic heterocycles. The number of nitrogens with zero attached hydrogens (tertiary/aromatic N) is 3. The number of aryl methyl sites for hydroxylation is 4. The standard InChI is InChI=1S/C55H56N3O.Pt/c1-32(2)38-27-39(42-18-13-16-37-17-15-23-56-50(37)42)29-40(28-38)44-30-41(49-45(54(7,8)9)19-14-20-46(49)55(10,11)12)31-47-51(44)57-53(43-22-21-33(3)26-48(43)59)58(47)52-35(5)24-34(4)25-36(52)6;/h13-28,30-32,59H,1-12H3;/q-1;. The zero-order valence-electron chi connectivity index (χ0n) is 37.1. The summed E-state index contributed by atoms with van der Waals surface area (Å²) in [6.45, 7) is 26.9. The molecule has 0 atom stereocenters. The van der Waals surface area contributed by atoms with Crippen molar-refractivity contribution in [2.45, 2.75) is 99.8 Å². The zero-order chi connectivity index (χ0) is 42.1. The fourth-order valence-electron chi connectivity index (χ4n) is 8.94. The first-order valence-corrected chi connectivity index (χ1v) is 20.9. The van der Waals surface area contributed by atoms with Crippen molar-refractivity contribution < 1.29 is 26.2 Å². The van der Waals surface area contributed by atoms with Gasteiger partial charge in [0.15, 0.2) is 0 Å². The van der Waals surface area contributed by atoms with Gasteiger partial charge in [0.1, 0.15) is 11.6 Å². The molecule has 0 aliphatic carbocycles. The van der Waals surface area contributed by atoms with Gasteiger partial charge in [-0.05, 0) is 113 Å². The number of hydrogen-bond acceptors (Lipinski definition) is 3. The van der Waals surface area contributed by atoms with Gasteiger partial charge in [0.05, 0.1) is 22.3 Å². The van der Waals surface area contributed by atoms with Gasteiger partial charge in [0.25, 0.3) is 0 Å². The van der Waals surface area contributed by atoms with Crippen LogP contribution in [-0.4, -0.2) is 19.6 Å². The molecule has 0 spiro atoms. The van der Waals surface area contributed by atoms with Gasteiger partial charge in [-0.1, -0.05) is 139 Å². The third-order valence-corrected chi connectivity index (χ3v) is 11.8. The first-order valence-electron chi connectivity index (χ1n) is 20.9. The Balaban J connectivity index is 0.00000544. The van der Waals surface area contributed by atoms with Gasteiger partial charge < -0.3 is 5.11 Å². The second kappa shape index (κ2) is 15.9. The maximum Gasteiger partial charge on any atom is 0.148 e. The molecule has 0 aliphatic rings. The number of benzene rings is 6. The van der Waals surface area contributed by atoms with Crippen LogP contribution in [0.25, 0.3) is 72.4 Å². The maximum absolute atomic E-state index is 11.7. The molecule has 5 heteroatoms. The summed E-state index contributed by atoms with van der Waals surface area (Å²) in [5.74, 6) is 1.16. The van der Waals surface area contributed by atoms with Crippen LogP contribution in [0.15, 0.2) is 109 Å². The Labute approximate surface area is 371 Å². The third kappa shape index (κ3) is 7.76. The van der Waals surface area contributed by atoms with E-state index in [9.17, 15) is 5.11 Å². The minimum atomic E-state index is -0.132. The summed E-state index contributed by atoms with van der Waals surface area (Å²) in [4.78, 5) is 10.5. The quantitative estimate of drug-likeness (QED) is 0.169. The molecule has 60 heavy (non-hydrogen) atoms. The van der Waals surface area contributed by atoms with Crippen LogP contribution in [0, 0.1) is 33.8 Å². The summed E-state index contributed by atoms with van der Waals surface area (Å²) in [5, 5.41) is 12.8. The number of para-hydroxylation sites is 1. The number of aromatic nitrogens is 3. The molecule has 2 aromatic heterocycles. The Hall–Kier alpha value is -5.31. The first kappa shape index (κ1) is 42.8. The van der Waals surface area contributed by atoms with Crippen molar-refractivity contribution in [2.75, 3.05) is 0 Å². The van der Waals surface area contributed by atoms with Gasteiger partial charge in [-0.2, -0.15) is 0 Å². The third-order valence-electron chi connectivity index (χ3n) is 11.8. The summed E-state index contributed by atoms with van der Waals surface area (Å²) in [7, 11) is 0. The van der Waals surface area contributed by atoms with E-state index in [0.717, 1.165) is 72.1 Å². The van der Waals surface area contributed by atoms with E-state index in [1.807, 2.05) is 31.3 Å². The average Bonchev–Trinajstić information content (AvgIpc) is 3.54. The van der Waals surface area contributed by atoms with Gasteiger partial charge in [0.2, 0.25) is 0 Å². The Morgan fingerprint density at radius 2 is 1.25 bits per heavy atom. The van der Waals surface area contributed by atoms with Gasteiger partial charge in [-0.25, -0.2) is 4.98 Å². The summed E-state index contributed by atoms with van der Waals surface area (Å²) in [6.07, 6.45) is 1.87. The second-order valence-corrected chi connectivity index (χ2v) is 18.9. The van der Waals surface area contributed by atoms with Crippen LogP contribution in [0.2, 0.25) is 0 Å². The Bertz CT molecular complexity index is 2880. The van der Waals surface area contributed by atoms with Gasteiger partial charge >= 0.3 is 0 Å². The monoisotopic (exact) mass is 969 g/mol. The number of imidazole rings is 1. The van der Waals surface area contributed by atoms with Gasteiger partial charge in [-0.15, -0.1) is 34.9 Å². The van der Waals surface area contributed by atoms with Crippen molar-refractivity contribution in [3.05, 3.63) is 154 Å². The number of phenols is 1. The summed E-state index contributed by atoms with van der Waals surface area (Å²) < 4.78 is 2.30. The van der Waals surface area contributed by atoms with Gasteiger partial charge in [0, 0.05) is 32.8 Å². The molecule has 6 aromatic carbocycles. The van der Waals surface area contributed by atoms with Crippen LogP contribution in [0.5, 0.6) is 5.75 Å². The fraction of sp³-hybridized carbons (Fsp3) is 0.273. The van der Waals surface area contributed by atoms with Crippen molar-refractivity contribution >= 4 is 21.9 Å².